The summed E-state index contributed by atoms with van der Waals surface area (Å²) in [4.78, 5) is 34.2. The van der Waals surface area contributed by atoms with Gasteiger partial charge in [0.1, 0.15) is 18.2 Å². The maximum absolute atomic E-state index is 15.4. The van der Waals surface area contributed by atoms with Gasteiger partial charge in [0.2, 0.25) is 0 Å². The van der Waals surface area contributed by atoms with Crippen molar-refractivity contribution in [3.8, 4) is 0 Å². The second-order valence-electron chi connectivity index (χ2n) is 9.69. The van der Waals surface area contributed by atoms with Gasteiger partial charge in [0, 0.05) is 56.1 Å². The van der Waals surface area contributed by atoms with E-state index in [9.17, 15) is 14.7 Å². The molecule has 1 aromatic heterocycles. The molecule has 1 N–H and O–H groups in total. The highest BCUT2D eigenvalue weighted by Gasteiger charge is 2.32. The third-order valence-corrected chi connectivity index (χ3v) is 7.25. The number of hydrogen-bond acceptors (Lipinski definition) is 5. The molecule has 1 aliphatic heterocycles. The number of carbonyl (C=O) groups excluding carboxylic acids is 1. The molecule has 0 unspecified atom stereocenters. The van der Waals surface area contributed by atoms with Crippen LogP contribution in [-0.4, -0.2) is 64.3 Å². The maximum Gasteiger partial charge on any atom is 0.410 e. The van der Waals surface area contributed by atoms with E-state index in [1.807, 2.05) is 65.6 Å². The van der Waals surface area contributed by atoms with Gasteiger partial charge in [-0.25, -0.2) is 19.0 Å². The highest BCUT2D eigenvalue weighted by molar-refractivity contribution is 5.68. The number of pyridine rings is 1. The number of amides is 2. The highest BCUT2D eigenvalue weighted by atomic mass is 19.1. The van der Waals surface area contributed by atoms with Crippen LogP contribution in [0.25, 0.3) is 0 Å². The first-order valence-electron chi connectivity index (χ1n) is 12.9. The van der Waals surface area contributed by atoms with E-state index in [4.69, 9.17) is 9.72 Å². The SMILES string of the molecule is O=C(O)N1CCN(c2cc(F)c3c(n2)CC[C@H](N(Cc2ccccc2)C(=O)OCc2ccccc2)C3)CC1. The smallest absolute Gasteiger partial charge is 0.410 e. The summed E-state index contributed by atoms with van der Waals surface area (Å²) >= 11 is 0. The lowest BCUT2D eigenvalue weighted by atomic mass is 9.90. The van der Waals surface area contributed by atoms with E-state index in [0.717, 1.165) is 11.1 Å². The number of aryl methyl sites for hydroxylation is 1. The molecular weight excluding hydrogens is 487 g/mol. The molecule has 0 bridgehead atoms. The van der Waals surface area contributed by atoms with Crippen LogP contribution in [0.4, 0.5) is 19.8 Å². The van der Waals surface area contributed by atoms with E-state index in [0.29, 0.717) is 69.1 Å². The van der Waals surface area contributed by atoms with Crippen LogP contribution in [0.15, 0.2) is 66.7 Å². The van der Waals surface area contributed by atoms with Crippen LogP contribution >= 0.6 is 0 Å². The van der Waals surface area contributed by atoms with Crippen LogP contribution in [0.5, 0.6) is 0 Å². The number of rotatable bonds is 6. The van der Waals surface area contributed by atoms with E-state index in [-0.39, 0.29) is 18.5 Å². The summed E-state index contributed by atoms with van der Waals surface area (Å²) in [5, 5.41) is 9.19. The summed E-state index contributed by atoms with van der Waals surface area (Å²) in [7, 11) is 0. The number of nitrogens with zero attached hydrogens (tertiary/aromatic N) is 4. The summed E-state index contributed by atoms with van der Waals surface area (Å²) in [6.07, 6.45) is 0.171. The third kappa shape index (κ3) is 5.88. The Balaban J connectivity index is 1.32. The summed E-state index contributed by atoms with van der Waals surface area (Å²) in [5.41, 5.74) is 3.11. The summed E-state index contributed by atoms with van der Waals surface area (Å²) in [6, 6.07) is 20.5. The van der Waals surface area contributed by atoms with Crippen molar-refractivity contribution in [2.45, 2.75) is 38.5 Å². The van der Waals surface area contributed by atoms with Crippen molar-refractivity contribution in [3.63, 3.8) is 0 Å². The number of ether oxygens (including phenoxy) is 1. The molecule has 8 nitrogen and oxygen atoms in total. The lowest BCUT2D eigenvalue weighted by Crippen LogP contribution is -2.48. The normalized spacial score (nSPS) is 17.0. The van der Waals surface area contributed by atoms with Gasteiger partial charge < -0.3 is 24.5 Å². The van der Waals surface area contributed by atoms with Crippen molar-refractivity contribution >= 4 is 18.0 Å². The molecule has 0 radical (unpaired) electrons. The van der Waals surface area contributed by atoms with Crippen LogP contribution in [0.2, 0.25) is 0 Å². The number of aromatic nitrogens is 1. The van der Waals surface area contributed by atoms with Crippen LogP contribution in [0.1, 0.15) is 28.8 Å². The molecule has 38 heavy (non-hydrogen) atoms. The third-order valence-electron chi connectivity index (χ3n) is 7.25. The van der Waals surface area contributed by atoms with E-state index in [2.05, 4.69) is 0 Å². The Hall–Kier alpha value is -4.14. The van der Waals surface area contributed by atoms with Gasteiger partial charge >= 0.3 is 12.2 Å². The second kappa shape index (κ2) is 11.5. The fraction of sp³-hybridized carbons (Fsp3) is 0.345. The maximum atomic E-state index is 15.4. The van der Waals surface area contributed by atoms with Gasteiger partial charge in [0.05, 0.1) is 0 Å². The van der Waals surface area contributed by atoms with Gasteiger partial charge in [0.15, 0.2) is 0 Å². The fourth-order valence-electron chi connectivity index (χ4n) is 5.12. The molecule has 9 heteroatoms. The molecule has 1 fully saturated rings. The van der Waals surface area contributed by atoms with E-state index in [1.54, 1.807) is 4.90 Å². The molecule has 0 spiro atoms. The zero-order valence-corrected chi connectivity index (χ0v) is 21.1. The summed E-state index contributed by atoms with van der Waals surface area (Å²) in [6.45, 7) is 2.20. The minimum Gasteiger partial charge on any atom is -0.465 e. The minimum absolute atomic E-state index is 0.169. The Labute approximate surface area is 221 Å². The molecule has 1 saturated heterocycles. The van der Waals surface area contributed by atoms with Crippen molar-refractivity contribution in [2.24, 2.45) is 0 Å². The predicted molar refractivity (Wildman–Crippen MR) is 140 cm³/mol. The van der Waals surface area contributed by atoms with Crippen LogP contribution in [0, 0.1) is 5.82 Å². The molecule has 3 aromatic rings. The molecule has 2 heterocycles. The monoisotopic (exact) mass is 518 g/mol. The number of halogens is 1. The van der Waals surface area contributed by atoms with Gasteiger partial charge in [-0.1, -0.05) is 60.7 Å². The second-order valence-corrected chi connectivity index (χ2v) is 9.69. The molecule has 1 aliphatic carbocycles. The average Bonchev–Trinajstić information content (AvgIpc) is 2.95. The number of fused-ring (bicyclic) bond motifs is 1. The number of hydrogen-bond donors (Lipinski definition) is 1. The molecule has 1 atom stereocenters. The molecule has 2 aromatic carbocycles. The van der Waals surface area contributed by atoms with Crippen molar-refractivity contribution in [1.29, 1.82) is 0 Å². The largest absolute Gasteiger partial charge is 0.465 e. The topological polar surface area (TPSA) is 86.2 Å². The lowest BCUT2D eigenvalue weighted by molar-refractivity contribution is 0.0733. The van der Waals surface area contributed by atoms with Crippen LogP contribution in [0.3, 0.4) is 0 Å². The first-order chi connectivity index (χ1) is 18.5. The van der Waals surface area contributed by atoms with Crippen molar-refractivity contribution in [3.05, 3.63) is 94.9 Å². The quantitative estimate of drug-likeness (QED) is 0.508. The van der Waals surface area contributed by atoms with Crippen LogP contribution < -0.4 is 4.90 Å². The molecular formula is C29H31FN4O4. The van der Waals surface area contributed by atoms with Crippen molar-refractivity contribution in [2.75, 3.05) is 31.1 Å². The number of carbonyl (C=O) groups is 2. The Bertz CT molecular complexity index is 1270. The number of anilines is 1. The zero-order valence-electron chi connectivity index (χ0n) is 21.1. The molecule has 2 aliphatic rings. The van der Waals surface area contributed by atoms with Gasteiger partial charge in [-0.3, -0.25) is 0 Å². The molecule has 2 amide bonds. The fourth-order valence-corrected chi connectivity index (χ4v) is 5.12. The zero-order chi connectivity index (χ0) is 26.5. The first kappa shape index (κ1) is 25.5. The first-order valence-corrected chi connectivity index (χ1v) is 12.9. The highest BCUT2D eigenvalue weighted by Crippen LogP contribution is 2.30. The average molecular weight is 519 g/mol. The molecule has 5 rings (SSSR count). The summed E-state index contributed by atoms with van der Waals surface area (Å²) < 4.78 is 21.1. The Morgan fingerprint density at radius 3 is 2.32 bits per heavy atom. The van der Waals surface area contributed by atoms with Gasteiger partial charge in [0.25, 0.3) is 0 Å². The summed E-state index contributed by atoms with van der Waals surface area (Å²) in [5.74, 6) is 0.195. The minimum atomic E-state index is -0.942. The Morgan fingerprint density at radius 1 is 1.00 bits per heavy atom. The molecule has 0 saturated carbocycles. The number of carboxylic acid groups (broad SMARTS) is 1. The standard InChI is InChI=1S/C29H31FN4O4/c30-25-18-27(32-13-15-33(16-14-32)28(35)36)31-26-12-11-23(17-24(25)26)34(19-21-7-3-1-4-8-21)29(37)38-20-22-9-5-2-6-10-22/h1-10,18,23H,11-17,19-20H2,(H,35,36)/t23-/m0/s1. The van der Waals surface area contributed by atoms with Crippen molar-refractivity contribution < 1.29 is 23.8 Å². The predicted octanol–water partition coefficient (Wildman–Crippen LogP) is 4.72. The van der Waals surface area contributed by atoms with E-state index in [1.165, 1.54) is 11.0 Å². The molecule has 198 valence electrons. The van der Waals surface area contributed by atoms with Gasteiger partial charge in [-0.05, 0) is 30.4 Å². The number of benzene rings is 2. The van der Waals surface area contributed by atoms with E-state index < -0.39 is 12.2 Å². The van der Waals surface area contributed by atoms with E-state index >= 15 is 4.39 Å². The van der Waals surface area contributed by atoms with Gasteiger partial charge in [-0.2, -0.15) is 0 Å². The van der Waals surface area contributed by atoms with Gasteiger partial charge in [-0.15, -0.1) is 0 Å². The van der Waals surface area contributed by atoms with Crippen molar-refractivity contribution in [1.82, 2.24) is 14.8 Å². The lowest BCUT2D eigenvalue weighted by Gasteiger charge is -2.36. The van der Waals surface area contributed by atoms with Crippen LogP contribution in [-0.2, 0) is 30.7 Å². The number of piperazine rings is 1. The Morgan fingerprint density at radius 2 is 1.66 bits per heavy atom. The Kier molecular flexibility index (Phi) is 7.72.